The van der Waals surface area contributed by atoms with Gasteiger partial charge < -0.3 is 21.3 Å². The molecule has 2 aliphatic heterocycles. The van der Waals surface area contributed by atoms with Gasteiger partial charge in [-0.1, -0.05) is 34.1 Å². The van der Waals surface area contributed by atoms with Crippen LogP contribution in [0.4, 0.5) is 14.6 Å². The summed E-state index contributed by atoms with van der Waals surface area (Å²) in [7, 11) is 0. The Kier molecular flexibility index (Phi) is 7.18. The number of halogens is 3. The molecule has 2 aliphatic rings. The molecule has 3 atom stereocenters. The van der Waals surface area contributed by atoms with E-state index in [1.165, 1.54) is 0 Å². The number of hydrogen-bond donors (Lipinski definition) is 3. The van der Waals surface area contributed by atoms with Gasteiger partial charge in [0.1, 0.15) is 11.9 Å². The lowest BCUT2D eigenvalue weighted by Gasteiger charge is -2.26. The number of amides is 2. The van der Waals surface area contributed by atoms with Crippen molar-refractivity contribution in [3.8, 4) is 0 Å². The van der Waals surface area contributed by atoms with Crippen molar-refractivity contribution in [3.63, 3.8) is 0 Å². The van der Waals surface area contributed by atoms with Crippen molar-refractivity contribution in [2.45, 2.75) is 50.7 Å². The lowest BCUT2D eigenvalue weighted by Crippen LogP contribution is -2.51. The van der Waals surface area contributed by atoms with Crippen LogP contribution in [0.1, 0.15) is 29.7 Å². The lowest BCUT2D eigenvalue weighted by atomic mass is 9.96. The summed E-state index contributed by atoms with van der Waals surface area (Å²) in [6.45, 7) is 1.76. The first kappa shape index (κ1) is 24.5. The second-order valence-electron chi connectivity index (χ2n) is 9.13. The smallest absolute Gasteiger partial charge is 0.267 e. The normalized spacial score (nSPS) is 23.8. The average Bonchev–Trinajstić information content (AvgIpc) is 3.38. The summed E-state index contributed by atoms with van der Waals surface area (Å²) in [5.41, 5.74) is 8.19. The molecular formula is C24H28BrF2N5O2. The topological polar surface area (TPSA) is 100 Å². The Bertz CT molecular complexity index is 1070. The van der Waals surface area contributed by atoms with E-state index in [4.69, 9.17) is 5.73 Å². The number of nitrogens with zero attached hydrogens (tertiary/aromatic N) is 2. The number of aryl methyl sites for hydroxylation is 1. The summed E-state index contributed by atoms with van der Waals surface area (Å²) < 4.78 is 29.6. The van der Waals surface area contributed by atoms with Gasteiger partial charge in [-0.15, -0.1) is 0 Å². The van der Waals surface area contributed by atoms with Crippen molar-refractivity contribution in [2.75, 3.05) is 18.8 Å². The Morgan fingerprint density at radius 1 is 1.26 bits per heavy atom. The van der Waals surface area contributed by atoms with Gasteiger partial charge in [-0.25, -0.2) is 13.8 Å². The first-order valence-electron chi connectivity index (χ1n) is 11.3. The Balaban J connectivity index is 1.38. The number of benzene rings is 1. The quantitative estimate of drug-likeness (QED) is 0.528. The number of nitrogens with one attached hydrogen (secondary N) is 2. The molecule has 0 spiro atoms. The summed E-state index contributed by atoms with van der Waals surface area (Å²) in [6, 6.07) is 9.56. The molecule has 0 saturated carbocycles. The van der Waals surface area contributed by atoms with Crippen LogP contribution in [0.5, 0.6) is 0 Å². The van der Waals surface area contributed by atoms with Gasteiger partial charge in [0.25, 0.3) is 5.92 Å². The minimum absolute atomic E-state index is 0.124. The molecular weight excluding hydrogens is 508 g/mol. The monoisotopic (exact) mass is 535 g/mol. The fourth-order valence-electron chi connectivity index (χ4n) is 4.69. The van der Waals surface area contributed by atoms with E-state index in [1.807, 2.05) is 24.3 Å². The summed E-state index contributed by atoms with van der Waals surface area (Å²) in [6.07, 6.45) is 0.652. The Morgan fingerprint density at radius 2 is 2.00 bits per heavy atom. The molecule has 3 heterocycles. The summed E-state index contributed by atoms with van der Waals surface area (Å²) in [5.74, 6) is -3.56. The zero-order valence-electron chi connectivity index (χ0n) is 18.9. The van der Waals surface area contributed by atoms with Crippen molar-refractivity contribution in [1.29, 1.82) is 0 Å². The highest BCUT2D eigenvalue weighted by molar-refractivity contribution is 9.10. The molecule has 2 amide bonds. The van der Waals surface area contributed by atoms with E-state index >= 15 is 0 Å². The van der Waals surface area contributed by atoms with E-state index in [-0.39, 0.29) is 12.5 Å². The Labute approximate surface area is 205 Å². The first-order valence-corrected chi connectivity index (χ1v) is 12.1. The number of hydrogen-bond acceptors (Lipinski definition) is 5. The highest BCUT2D eigenvalue weighted by atomic mass is 79.9. The highest BCUT2D eigenvalue weighted by Gasteiger charge is 2.51. The number of aromatic nitrogens is 1. The van der Waals surface area contributed by atoms with Crippen molar-refractivity contribution < 1.29 is 18.4 Å². The number of likely N-dealkylation sites (tertiary alicyclic amines) is 1. The standard InChI is InChI=1S/C24H28BrF2N5O2/c1-14-17(4-7-21(28)31-14)12-30-22(33)20-10-24(26,27)13-32(20)23(34)19-9-16(11-29-19)8-15-2-5-18(25)6-3-15/h2-7,16,19-20,29H,8-13H2,1H3,(H2,28,31)(H,30,33)/t16-,19+,20-/m1/s1. The van der Waals surface area contributed by atoms with Crippen LogP contribution in [-0.4, -0.2) is 52.8 Å². The third kappa shape index (κ3) is 5.72. The molecule has 34 heavy (non-hydrogen) atoms. The van der Waals surface area contributed by atoms with Crippen molar-refractivity contribution >= 4 is 33.6 Å². The summed E-state index contributed by atoms with van der Waals surface area (Å²) in [4.78, 5) is 31.2. The minimum Gasteiger partial charge on any atom is -0.384 e. The number of carbonyl (C=O) groups excluding carboxylic acids is 2. The van der Waals surface area contributed by atoms with Gasteiger partial charge in [0, 0.05) is 23.1 Å². The molecule has 0 aliphatic carbocycles. The number of pyridine rings is 1. The van der Waals surface area contributed by atoms with Crippen molar-refractivity contribution in [2.24, 2.45) is 5.92 Å². The molecule has 1 aromatic carbocycles. The fraction of sp³-hybridized carbons (Fsp3) is 0.458. The van der Waals surface area contributed by atoms with Crippen molar-refractivity contribution in [3.05, 3.63) is 57.7 Å². The maximum Gasteiger partial charge on any atom is 0.267 e. The van der Waals surface area contributed by atoms with Crippen LogP contribution in [0.25, 0.3) is 0 Å². The van der Waals surface area contributed by atoms with E-state index in [9.17, 15) is 18.4 Å². The Hall–Kier alpha value is -2.59. The highest BCUT2D eigenvalue weighted by Crippen LogP contribution is 2.34. The Morgan fingerprint density at radius 3 is 2.71 bits per heavy atom. The molecule has 4 rings (SSSR count). The molecule has 2 saturated heterocycles. The fourth-order valence-corrected chi connectivity index (χ4v) is 4.95. The van der Waals surface area contributed by atoms with E-state index in [1.54, 1.807) is 19.1 Å². The number of nitrogen functional groups attached to an aromatic ring is 1. The van der Waals surface area contributed by atoms with Crippen LogP contribution in [0.3, 0.4) is 0 Å². The molecule has 2 fully saturated rings. The van der Waals surface area contributed by atoms with Crippen LogP contribution in [-0.2, 0) is 22.6 Å². The van der Waals surface area contributed by atoms with Crippen LogP contribution < -0.4 is 16.4 Å². The number of carbonyl (C=O) groups is 2. The zero-order valence-corrected chi connectivity index (χ0v) is 20.4. The van der Waals surface area contributed by atoms with Crippen LogP contribution >= 0.6 is 15.9 Å². The van der Waals surface area contributed by atoms with E-state index in [2.05, 4.69) is 31.5 Å². The van der Waals surface area contributed by atoms with Gasteiger partial charge in [-0.05, 0) is 61.6 Å². The number of alkyl halides is 2. The third-order valence-corrected chi connectivity index (χ3v) is 7.01. The maximum atomic E-state index is 14.3. The predicted molar refractivity (Wildman–Crippen MR) is 128 cm³/mol. The molecule has 10 heteroatoms. The summed E-state index contributed by atoms with van der Waals surface area (Å²) in [5, 5.41) is 5.86. The second-order valence-corrected chi connectivity index (χ2v) is 10.0. The molecule has 0 bridgehead atoms. The molecule has 0 radical (unpaired) electrons. The number of nitrogens with two attached hydrogens (primary N) is 1. The third-order valence-electron chi connectivity index (χ3n) is 6.48. The molecule has 2 aromatic rings. The van der Waals surface area contributed by atoms with E-state index in [0.717, 1.165) is 26.9 Å². The van der Waals surface area contributed by atoms with Gasteiger partial charge in [-0.3, -0.25) is 9.59 Å². The largest absolute Gasteiger partial charge is 0.384 e. The van der Waals surface area contributed by atoms with E-state index < -0.39 is 42.8 Å². The van der Waals surface area contributed by atoms with Crippen LogP contribution in [0, 0.1) is 12.8 Å². The minimum atomic E-state index is -3.11. The molecule has 1 aromatic heterocycles. The SMILES string of the molecule is Cc1nc(N)ccc1CNC(=O)[C@H]1CC(F)(F)CN1C(=O)[C@@H]1C[C@@H](Cc2ccc(Br)cc2)CN1. The number of anilines is 1. The van der Waals surface area contributed by atoms with Crippen LogP contribution in [0.15, 0.2) is 40.9 Å². The zero-order chi connectivity index (χ0) is 24.5. The molecule has 182 valence electrons. The van der Waals surface area contributed by atoms with Crippen LogP contribution in [0.2, 0.25) is 0 Å². The lowest BCUT2D eigenvalue weighted by molar-refractivity contribution is -0.140. The molecule has 0 unspecified atom stereocenters. The summed E-state index contributed by atoms with van der Waals surface area (Å²) >= 11 is 3.42. The number of rotatable bonds is 6. The van der Waals surface area contributed by atoms with Gasteiger partial charge >= 0.3 is 0 Å². The van der Waals surface area contributed by atoms with Gasteiger partial charge in [0.15, 0.2) is 0 Å². The molecule has 4 N–H and O–H groups in total. The van der Waals surface area contributed by atoms with Gasteiger partial charge in [0.05, 0.1) is 12.6 Å². The molecule has 7 nitrogen and oxygen atoms in total. The predicted octanol–water partition coefficient (Wildman–Crippen LogP) is 2.81. The van der Waals surface area contributed by atoms with E-state index in [0.29, 0.717) is 24.5 Å². The average molecular weight is 536 g/mol. The second kappa shape index (κ2) is 9.95. The first-order chi connectivity index (χ1) is 16.1. The van der Waals surface area contributed by atoms with Gasteiger partial charge in [0.2, 0.25) is 11.8 Å². The van der Waals surface area contributed by atoms with Gasteiger partial charge in [-0.2, -0.15) is 0 Å². The maximum absolute atomic E-state index is 14.3. The van der Waals surface area contributed by atoms with Crippen molar-refractivity contribution in [1.82, 2.24) is 20.5 Å².